The molecule has 1 aromatic carbocycles. The summed E-state index contributed by atoms with van der Waals surface area (Å²) in [5, 5.41) is 13.0. The van der Waals surface area contributed by atoms with E-state index in [1.54, 1.807) is 11.8 Å². The highest BCUT2D eigenvalue weighted by Crippen LogP contribution is 2.22. The van der Waals surface area contributed by atoms with Crippen molar-refractivity contribution in [2.75, 3.05) is 18.1 Å². The monoisotopic (exact) mass is 249 g/mol. The van der Waals surface area contributed by atoms with Crippen LogP contribution in [0.25, 0.3) is 0 Å². The van der Waals surface area contributed by atoms with Gasteiger partial charge in [0.2, 0.25) is 0 Å². The first kappa shape index (κ1) is 14.0. The standard InChI is InChI=1S/C14H19NOS/c1-4-6-17-7-5-15-10-13-8-11(2)14(16)12(3)9-13/h1,8-9,15-16H,5-7,10H2,2-3H3. The molecule has 17 heavy (non-hydrogen) atoms. The number of aromatic hydroxyl groups is 1. The summed E-state index contributed by atoms with van der Waals surface area (Å²) >= 11 is 1.76. The minimum Gasteiger partial charge on any atom is -0.507 e. The molecule has 1 rings (SSSR count). The summed E-state index contributed by atoms with van der Waals surface area (Å²) in [7, 11) is 0. The summed E-state index contributed by atoms with van der Waals surface area (Å²) in [5.41, 5.74) is 3.08. The Morgan fingerprint density at radius 1 is 1.35 bits per heavy atom. The largest absolute Gasteiger partial charge is 0.507 e. The molecule has 0 spiro atoms. The van der Waals surface area contributed by atoms with Crippen molar-refractivity contribution in [2.45, 2.75) is 20.4 Å². The molecule has 0 saturated heterocycles. The molecule has 0 atom stereocenters. The summed E-state index contributed by atoms with van der Waals surface area (Å²) in [5.74, 6) is 4.81. The van der Waals surface area contributed by atoms with E-state index in [4.69, 9.17) is 6.42 Å². The molecule has 2 nitrogen and oxygen atoms in total. The number of hydrogen-bond acceptors (Lipinski definition) is 3. The number of aryl methyl sites for hydroxylation is 2. The van der Waals surface area contributed by atoms with Crippen molar-refractivity contribution in [1.29, 1.82) is 0 Å². The first-order chi connectivity index (χ1) is 8.15. The third-order valence-corrected chi connectivity index (χ3v) is 3.35. The number of terminal acetylenes is 1. The average molecular weight is 249 g/mol. The lowest BCUT2D eigenvalue weighted by Crippen LogP contribution is -2.16. The van der Waals surface area contributed by atoms with Crippen LogP contribution in [0.3, 0.4) is 0 Å². The fraction of sp³-hybridized carbons (Fsp3) is 0.429. The summed E-state index contributed by atoms with van der Waals surface area (Å²) in [6, 6.07) is 4.04. The highest BCUT2D eigenvalue weighted by atomic mass is 32.2. The van der Waals surface area contributed by atoms with Crippen molar-refractivity contribution >= 4 is 11.8 Å². The molecular formula is C14H19NOS. The lowest BCUT2D eigenvalue weighted by molar-refractivity contribution is 0.466. The number of phenols is 1. The SMILES string of the molecule is C#CCSCCNCc1cc(C)c(O)c(C)c1. The number of rotatable bonds is 6. The third-order valence-electron chi connectivity index (χ3n) is 2.49. The van der Waals surface area contributed by atoms with E-state index in [0.717, 1.165) is 35.7 Å². The minimum atomic E-state index is 0.401. The summed E-state index contributed by atoms with van der Waals surface area (Å²) in [6.07, 6.45) is 5.17. The second-order valence-electron chi connectivity index (χ2n) is 4.01. The topological polar surface area (TPSA) is 32.3 Å². The molecule has 1 aromatic rings. The van der Waals surface area contributed by atoms with Crippen molar-refractivity contribution in [2.24, 2.45) is 0 Å². The van der Waals surface area contributed by atoms with Gasteiger partial charge in [-0.1, -0.05) is 18.1 Å². The van der Waals surface area contributed by atoms with Crippen LogP contribution in [0.4, 0.5) is 0 Å². The molecule has 0 heterocycles. The van der Waals surface area contributed by atoms with Crippen molar-refractivity contribution in [3.05, 3.63) is 28.8 Å². The van der Waals surface area contributed by atoms with Crippen molar-refractivity contribution < 1.29 is 5.11 Å². The molecule has 0 unspecified atom stereocenters. The van der Waals surface area contributed by atoms with Gasteiger partial charge < -0.3 is 10.4 Å². The lowest BCUT2D eigenvalue weighted by Gasteiger charge is -2.09. The maximum Gasteiger partial charge on any atom is 0.121 e. The third kappa shape index (κ3) is 4.72. The van der Waals surface area contributed by atoms with Gasteiger partial charge in [-0.05, 0) is 30.5 Å². The van der Waals surface area contributed by atoms with Crippen LogP contribution in [-0.2, 0) is 6.54 Å². The number of thioether (sulfide) groups is 1. The Balaban J connectivity index is 2.35. The maximum atomic E-state index is 9.66. The summed E-state index contributed by atoms with van der Waals surface area (Å²) < 4.78 is 0. The van der Waals surface area contributed by atoms with Crippen molar-refractivity contribution in [3.63, 3.8) is 0 Å². The van der Waals surface area contributed by atoms with Gasteiger partial charge in [-0.3, -0.25) is 0 Å². The van der Waals surface area contributed by atoms with E-state index in [-0.39, 0.29) is 0 Å². The predicted octanol–water partition coefficient (Wildman–Crippen LogP) is 2.47. The molecular weight excluding hydrogens is 230 g/mol. The Kier molecular flexibility index (Phi) is 5.96. The van der Waals surface area contributed by atoms with Crippen LogP contribution in [0.2, 0.25) is 0 Å². The fourth-order valence-electron chi connectivity index (χ4n) is 1.66. The van der Waals surface area contributed by atoms with E-state index in [0.29, 0.717) is 5.75 Å². The molecule has 3 heteroatoms. The van der Waals surface area contributed by atoms with Crippen LogP contribution in [0.15, 0.2) is 12.1 Å². The van der Waals surface area contributed by atoms with Crippen LogP contribution < -0.4 is 5.32 Å². The molecule has 0 aliphatic carbocycles. The van der Waals surface area contributed by atoms with Gasteiger partial charge in [-0.2, -0.15) is 0 Å². The second kappa shape index (κ2) is 7.26. The first-order valence-electron chi connectivity index (χ1n) is 5.66. The van der Waals surface area contributed by atoms with Gasteiger partial charge in [0.15, 0.2) is 0 Å². The number of hydrogen-bond donors (Lipinski definition) is 2. The van der Waals surface area contributed by atoms with Crippen LogP contribution in [0.1, 0.15) is 16.7 Å². The molecule has 0 aromatic heterocycles. The Labute approximate surface area is 108 Å². The zero-order valence-corrected chi connectivity index (χ0v) is 11.2. The molecule has 0 fully saturated rings. The van der Waals surface area contributed by atoms with Gasteiger partial charge in [0.25, 0.3) is 0 Å². The van der Waals surface area contributed by atoms with Gasteiger partial charge in [0, 0.05) is 18.8 Å². The molecule has 2 N–H and O–H groups in total. The van der Waals surface area contributed by atoms with E-state index in [1.807, 2.05) is 26.0 Å². The molecule has 0 aliphatic rings. The van der Waals surface area contributed by atoms with Gasteiger partial charge in [0.05, 0.1) is 5.75 Å². The number of nitrogens with one attached hydrogen (secondary N) is 1. The highest BCUT2D eigenvalue weighted by molar-refractivity contribution is 7.99. The molecule has 0 amide bonds. The Morgan fingerprint density at radius 3 is 2.59 bits per heavy atom. The molecule has 92 valence electrons. The maximum absolute atomic E-state index is 9.66. The summed E-state index contributed by atoms with van der Waals surface area (Å²) in [4.78, 5) is 0. The van der Waals surface area contributed by atoms with Crippen LogP contribution in [0, 0.1) is 26.2 Å². The fourth-order valence-corrected chi connectivity index (χ4v) is 2.21. The van der Waals surface area contributed by atoms with E-state index in [1.165, 1.54) is 5.56 Å². The Bertz CT molecular complexity index is 386. The normalized spacial score (nSPS) is 10.2. The van der Waals surface area contributed by atoms with Gasteiger partial charge >= 0.3 is 0 Å². The van der Waals surface area contributed by atoms with E-state index in [9.17, 15) is 5.11 Å². The first-order valence-corrected chi connectivity index (χ1v) is 6.81. The van der Waals surface area contributed by atoms with Gasteiger partial charge in [0.1, 0.15) is 5.75 Å². The van der Waals surface area contributed by atoms with E-state index in [2.05, 4.69) is 11.2 Å². The van der Waals surface area contributed by atoms with Gasteiger partial charge in [-0.25, -0.2) is 0 Å². The van der Waals surface area contributed by atoms with E-state index >= 15 is 0 Å². The molecule has 0 aliphatic heterocycles. The minimum absolute atomic E-state index is 0.401. The Morgan fingerprint density at radius 2 is 2.00 bits per heavy atom. The predicted molar refractivity (Wildman–Crippen MR) is 75.4 cm³/mol. The van der Waals surface area contributed by atoms with Crippen LogP contribution in [-0.4, -0.2) is 23.2 Å². The molecule has 0 radical (unpaired) electrons. The zero-order chi connectivity index (χ0) is 12.7. The second-order valence-corrected chi connectivity index (χ2v) is 5.12. The van der Waals surface area contributed by atoms with Crippen LogP contribution >= 0.6 is 11.8 Å². The average Bonchev–Trinajstić information content (AvgIpc) is 2.30. The number of benzene rings is 1. The lowest BCUT2D eigenvalue weighted by atomic mass is 10.1. The van der Waals surface area contributed by atoms with Crippen molar-refractivity contribution in [3.8, 4) is 18.1 Å². The van der Waals surface area contributed by atoms with Gasteiger partial charge in [-0.15, -0.1) is 18.2 Å². The molecule has 0 saturated carbocycles. The quantitative estimate of drug-likeness (QED) is 0.600. The van der Waals surface area contributed by atoms with E-state index < -0.39 is 0 Å². The summed E-state index contributed by atoms with van der Waals surface area (Å²) in [6.45, 7) is 5.63. The number of phenolic OH excluding ortho intramolecular Hbond substituents is 1. The molecule has 0 bridgehead atoms. The highest BCUT2D eigenvalue weighted by Gasteiger charge is 2.02. The smallest absolute Gasteiger partial charge is 0.121 e. The van der Waals surface area contributed by atoms with Crippen molar-refractivity contribution in [1.82, 2.24) is 5.32 Å². The van der Waals surface area contributed by atoms with Crippen LogP contribution in [0.5, 0.6) is 5.75 Å². The zero-order valence-electron chi connectivity index (χ0n) is 10.4. The Hall–Kier alpha value is -1.11.